The number of hydrogen-bond acceptors (Lipinski definition) is 4. The second kappa shape index (κ2) is 7.85. The fraction of sp³-hybridized carbons (Fsp3) is 0.348. The predicted molar refractivity (Wildman–Crippen MR) is 114 cm³/mol. The van der Waals surface area contributed by atoms with Crippen LogP contribution in [0.2, 0.25) is 5.02 Å². The first-order chi connectivity index (χ1) is 14.3. The minimum atomic E-state index is -0.443. The molecule has 0 radical (unpaired) electrons. The van der Waals surface area contributed by atoms with Gasteiger partial charge in [-0.1, -0.05) is 41.9 Å². The molecule has 3 amide bonds. The number of morpholine rings is 1. The normalized spacial score (nSPS) is 21.5. The second-order valence-corrected chi connectivity index (χ2v) is 8.67. The molecule has 2 aliphatic heterocycles. The number of piperidine rings is 1. The summed E-state index contributed by atoms with van der Waals surface area (Å²) in [4.78, 5) is 37.9. The summed E-state index contributed by atoms with van der Waals surface area (Å²) < 4.78 is 5.38. The summed E-state index contributed by atoms with van der Waals surface area (Å²) >= 11 is 6.69. The highest BCUT2D eigenvalue weighted by Gasteiger charge is 2.36. The van der Waals surface area contributed by atoms with Crippen LogP contribution in [0.15, 0.2) is 42.5 Å². The molecule has 0 aromatic heterocycles. The lowest BCUT2D eigenvalue weighted by atomic mass is 9.88. The number of nitrogens with one attached hydrogen (secondary N) is 1. The largest absolute Gasteiger partial charge is 0.369 e. The van der Waals surface area contributed by atoms with Gasteiger partial charge in [0.1, 0.15) is 6.61 Å². The van der Waals surface area contributed by atoms with Gasteiger partial charge in [0, 0.05) is 17.7 Å². The Bertz CT molecular complexity index is 1020. The highest BCUT2D eigenvalue weighted by molar-refractivity contribution is 6.34. The van der Waals surface area contributed by atoms with E-state index in [0.717, 1.165) is 16.8 Å². The zero-order valence-electron chi connectivity index (χ0n) is 16.9. The smallest absolute Gasteiger partial charge is 0.253 e. The third-order valence-corrected chi connectivity index (χ3v) is 6.04. The molecule has 2 fully saturated rings. The van der Waals surface area contributed by atoms with E-state index in [1.54, 1.807) is 4.90 Å². The molecule has 30 heavy (non-hydrogen) atoms. The first-order valence-corrected chi connectivity index (χ1v) is 10.3. The van der Waals surface area contributed by atoms with Crippen LogP contribution in [-0.2, 0) is 19.1 Å². The lowest BCUT2D eigenvalue weighted by Gasteiger charge is -2.41. The molecule has 0 bridgehead atoms. The topological polar surface area (TPSA) is 75.7 Å². The van der Waals surface area contributed by atoms with Gasteiger partial charge in [0.05, 0.1) is 23.1 Å². The molecule has 2 saturated heterocycles. The number of nitrogens with zero attached hydrogens (tertiary/aromatic N) is 1. The maximum atomic E-state index is 12.4. The van der Waals surface area contributed by atoms with E-state index in [2.05, 4.69) is 5.32 Å². The fourth-order valence-electron chi connectivity index (χ4n) is 4.17. The Morgan fingerprint density at radius 2 is 1.83 bits per heavy atom. The van der Waals surface area contributed by atoms with E-state index in [-0.39, 0.29) is 24.3 Å². The van der Waals surface area contributed by atoms with E-state index in [1.807, 2.05) is 56.3 Å². The first kappa shape index (κ1) is 20.6. The summed E-state index contributed by atoms with van der Waals surface area (Å²) in [7, 11) is 0. The van der Waals surface area contributed by atoms with Crippen LogP contribution in [0.5, 0.6) is 0 Å². The average Bonchev–Trinajstić information content (AvgIpc) is 2.69. The maximum Gasteiger partial charge on any atom is 0.253 e. The van der Waals surface area contributed by atoms with Gasteiger partial charge in [-0.2, -0.15) is 0 Å². The zero-order chi connectivity index (χ0) is 21.5. The number of carbonyl (C=O) groups is 3. The molecule has 6 nitrogen and oxygen atoms in total. The molecule has 7 heteroatoms. The van der Waals surface area contributed by atoms with Crippen molar-refractivity contribution in [2.24, 2.45) is 0 Å². The summed E-state index contributed by atoms with van der Waals surface area (Å²) in [6, 6.07) is 13.2. The van der Waals surface area contributed by atoms with Gasteiger partial charge in [0.15, 0.2) is 0 Å². The van der Waals surface area contributed by atoms with Crippen LogP contribution < -0.4 is 10.2 Å². The van der Waals surface area contributed by atoms with Crippen molar-refractivity contribution in [3.63, 3.8) is 0 Å². The summed E-state index contributed by atoms with van der Waals surface area (Å²) in [5.41, 5.74) is 2.77. The SMILES string of the molecule is CC1(C)COCC(=O)N1c1ccc(-c2cccc(C3CCC(=O)NC3=O)c2Cl)cc1. The number of imide groups is 1. The zero-order valence-corrected chi connectivity index (χ0v) is 17.7. The van der Waals surface area contributed by atoms with Crippen molar-refractivity contribution in [3.8, 4) is 11.1 Å². The van der Waals surface area contributed by atoms with Crippen molar-refractivity contribution in [1.82, 2.24) is 5.32 Å². The van der Waals surface area contributed by atoms with Crippen LogP contribution in [0.25, 0.3) is 11.1 Å². The van der Waals surface area contributed by atoms with Crippen LogP contribution in [0.3, 0.4) is 0 Å². The number of anilines is 1. The van der Waals surface area contributed by atoms with Crippen molar-refractivity contribution in [3.05, 3.63) is 53.1 Å². The van der Waals surface area contributed by atoms with Gasteiger partial charge in [0.25, 0.3) is 5.91 Å². The van der Waals surface area contributed by atoms with Crippen LogP contribution in [0, 0.1) is 0 Å². The summed E-state index contributed by atoms with van der Waals surface area (Å²) in [6.07, 6.45) is 0.746. The van der Waals surface area contributed by atoms with Crippen molar-refractivity contribution in [1.29, 1.82) is 0 Å². The van der Waals surface area contributed by atoms with E-state index in [9.17, 15) is 14.4 Å². The van der Waals surface area contributed by atoms with Crippen molar-refractivity contribution in [2.75, 3.05) is 18.1 Å². The molecule has 1 unspecified atom stereocenters. The summed E-state index contributed by atoms with van der Waals surface area (Å²) in [5, 5.41) is 2.89. The Morgan fingerprint density at radius 3 is 2.50 bits per heavy atom. The summed E-state index contributed by atoms with van der Waals surface area (Å²) in [5.74, 6) is -1.08. The van der Waals surface area contributed by atoms with Crippen molar-refractivity contribution < 1.29 is 19.1 Å². The van der Waals surface area contributed by atoms with E-state index < -0.39 is 11.5 Å². The Hall–Kier alpha value is -2.70. The minimum absolute atomic E-state index is 0.0723. The molecule has 2 aliphatic rings. The van der Waals surface area contributed by atoms with E-state index in [1.165, 1.54) is 0 Å². The number of carbonyl (C=O) groups excluding carboxylic acids is 3. The molecule has 0 aliphatic carbocycles. The van der Waals surface area contributed by atoms with Gasteiger partial charge < -0.3 is 9.64 Å². The second-order valence-electron chi connectivity index (χ2n) is 8.29. The maximum absolute atomic E-state index is 12.4. The molecule has 2 aromatic carbocycles. The third-order valence-electron chi connectivity index (χ3n) is 5.62. The van der Waals surface area contributed by atoms with Gasteiger partial charge in [-0.25, -0.2) is 0 Å². The first-order valence-electron chi connectivity index (χ1n) is 9.91. The number of hydrogen-bond donors (Lipinski definition) is 1. The number of ether oxygens (including phenoxy) is 1. The molecular formula is C23H23ClN2O4. The third kappa shape index (κ3) is 3.73. The van der Waals surface area contributed by atoms with Crippen LogP contribution in [-0.4, -0.2) is 36.5 Å². The molecule has 4 rings (SSSR count). The number of amides is 3. The molecule has 0 saturated carbocycles. The van der Waals surface area contributed by atoms with Crippen molar-refractivity contribution in [2.45, 2.75) is 38.1 Å². The van der Waals surface area contributed by atoms with Crippen LogP contribution >= 0.6 is 11.6 Å². The van der Waals surface area contributed by atoms with Gasteiger partial charge in [-0.3, -0.25) is 19.7 Å². The van der Waals surface area contributed by atoms with Crippen LogP contribution in [0.1, 0.15) is 38.2 Å². The van der Waals surface area contributed by atoms with E-state index >= 15 is 0 Å². The van der Waals surface area contributed by atoms with Gasteiger partial charge in [0.2, 0.25) is 11.8 Å². The van der Waals surface area contributed by atoms with Gasteiger partial charge >= 0.3 is 0 Å². The monoisotopic (exact) mass is 426 g/mol. The lowest BCUT2D eigenvalue weighted by Crippen LogP contribution is -2.56. The van der Waals surface area contributed by atoms with Crippen molar-refractivity contribution >= 4 is 35.0 Å². The lowest BCUT2D eigenvalue weighted by molar-refractivity contribution is -0.134. The van der Waals surface area contributed by atoms with Crippen LogP contribution in [0.4, 0.5) is 5.69 Å². The Labute approximate surface area is 180 Å². The quantitative estimate of drug-likeness (QED) is 0.760. The molecule has 1 N–H and O–H groups in total. The Kier molecular flexibility index (Phi) is 5.38. The number of benzene rings is 2. The Morgan fingerprint density at radius 1 is 1.10 bits per heavy atom. The molecule has 2 aromatic rings. The number of halogens is 1. The molecule has 0 spiro atoms. The van der Waals surface area contributed by atoms with Gasteiger partial charge in [-0.05, 0) is 43.5 Å². The summed E-state index contributed by atoms with van der Waals surface area (Å²) in [6.45, 7) is 4.49. The average molecular weight is 427 g/mol. The minimum Gasteiger partial charge on any atom is -0.369 e. The van der Waals surface area contributed by atoms with E-state index in [0.29, 0.717) is 30.0 Å². The van der Waals surface area contributed by atoms with Gasteiger partial charge in [-0.15, -0.1) is 0 Å². The number of rotatable bonds is 3. The Balaban J connectivity index is 1.65. The highest BCUT2D eigenvalue weighted by atomic mass is 35.5. The standard InChI is InChI=1S/C23H23ClN2O4/c1-23(2)13-30-12-20(28)26(23)15-8-6-14(7-9-15)16-4-3-5-17(21(16)24)18-10-11-19(27)25-22(18)29/h3-9,18H,10-13H2,1-2H3,(H,25,27,29). The molecule has 1 atom stereocenters. The molecule has 156 valence electrons. The predicted octanol–water partition coefficient (Wildman–Crippen LogP) is 3.67. The fourth-order valence-corrected chi connectivity index (χ4v) is 4.54. The van der Waals surface area contributed by atoms with E-state index in [4.69, 9.17) is 16.3 Å². The molecular weight excluding hydrogens is 404 g/mol. The highest BCUT2D eigenvalue weighted by Crippen LogP contribution is 2.38. The molecule has 2 heterocycles.